The molecule has 158 valence electrons. The van der Waals surface area contributed by atoms with E-state index in [4.69, 9.17) is 25.9 Å². The maximum atomic E-state index is 13.1. The molecule has 3 rings (SSSR count). The summed E-state index contributed by atoms with van der Waals surface area (Å²) < 4.78 is 50.5. The second-order valence-corrected chi connectivity index (χ2v) is 6.63. The van der Waals surface area contributed by atoms with Crippen LogP contribution in [0.3, 0.4) is 0 Å². The van der Waals surface area contributed by atoms with Gasteiger partial charge in [-0.2, -0.15) is 13.2 Å². The number of carbonyl (C=O) groups is 1. The van der Waals surface area contributed by atoms with Gasteiger partial charge in [-0.05, 0) is 30.3 Å². The van der Waals surface area contributed by atoms with Crippen LogP contribution >= 0.6 is 11.6 Å². The molecule has 0 spiro atoms. The van der Waals surface area contributed by atoms with Crippen molar-refractivity contribution in [2.75, 3.05) is 19.7 Å². The number of ether oxygens (including phenoxy) is 1. The van der Waals surface area contributed by atoms with E-state index in [1.165, 1.54) is 12.1 Å². The summed E-state index contributed by atoms with van der Waals surface area (Å²) in [4.78, 5) is 22.9. The third kappa shape index (κ3) is 4.92. The Labute approximate surface area is 172 Å². The van der Waals surface area contributed by atoms with Gasteiger partial charge in [-0.15, -0.1) is 0 Å². The third-order valence-electron chi connectivity index (χ3n) is 4.09. The lowest BCUT2D eigenvalue weighted by atomic mass is 10.1. The van der Waals surface area contributed by atoms with Gasteiger partial charge in [0.05, 0.1) is 28.1 Å². The smallest absolute Gasteiger partial charge is 0.416 e. The maximum absolute atomic E-state index is 13.1. The number of para-hydroxylation sites is 1. The van der Waals surface area contributed by atoms with Gasteiger partial charge in [-0.1, -0.05) is 17.7 Å². The first kappa shape index (κ1) is 21.7. The molecule has 3 aromatic rings. The highest BCUT2D eigenvalue weighted by Crippen LogP contribution is 2.38. The average molecular weight is 442 g/mol. The monoisotopic (exact) mass is 441 g/mol. The zero-order valence-electron chi connectivity index (χ0n) is 15.3. The van der Waals surface area contributed by atoms with Crippen molar-refractivity contribution < 1.29 is 32.2 Å². The van der Waals surface area contributed by atoms with Gasteiger partial charge in [0.15, 0.2) is 11.0 Å². The van der Waals surface area contributed by atoms with Gasteiger partial charge in [0.25, 0.3) is 0 Å². The fourth-order valence-electron chi connectivity index (χ4n) is 2.73. The molecule has 0 fully saturated rings. The average Bonchev–Trinajstić information content (AvgIpc) is 2.67. The van der Waals surface area contributed by atoms with E-state index in [2.05, 4.69) is 5.32 Å². The van der Waals surface area contributed by atoms with E-state index >= 15 is 0 Å². The number of fused-ring (bicyclic) bond motifs is 1. The van der Waals surface area contributed by atoms with Crippen LogP contribution in [0.5, 0.6) is 5.75 Å². The molecule has 0 saturated carbocycles. The summed E-state index contributed by atoms with van der Waals surface area (Å²) in [5.41, 5.74) is -1.13. The van der Waals surface area contributed by atoms with Crippen LogP contribution in [0, 0.1) is 0 Å². The summed E-state index contributed by atoms with van der Waals surface area (Å²) in [5.74, 6) is -1.26. The molecule has 1 aromatic heterocycles. The summed E-state index contributed by atoms with van der Waals surface area (Å²) in [6.07, 6.45) is -4.61. The van der Waals surface area contributed by atoms with E-state index < -0.39 is 23.1 Å². The Morgan fingerprint density at radius 1 is 1.20 bits per heavy atom. The lowest BCUT2D eigenvalue weighted by molar-refractivity contribution is -0.138. The predicted molar refractivity (Wildman–Crippen MR) is 104 cm³/mol. The van der Waals surface area contributed by atoms with E-state index in [-0.39, 0.29) is 52.8 Å². The lowest BCUT2D eigenvalue weighted by Gasteiger charge is -2.15. The summed E-state index contributed by atoms with van der Waals surface area (Å²) in [6, 6.07) is 8.56. The molecule has 30 heavy (non-hydrogen) atoms. The minimum absolute atomic E-state index is 0.0113. The number of aliphatic carboxylic acids is 1. The number of halogens is 4. The molecule has 0 saturated heterocycles. The first-order chi connectivity index (χ1) is 14.2. The molecule has 10 heteroatoms. The minimum Gasteiger partial charge on any atom is -0.491 e. The SMILES string of the molecule is O=C(O)CNCCOc1cc(C(F)(F)F)ccc1-c1cc(=O)c2cccc(Cl)c2o1. The van der Waals surface area contributed by atoms with Gasteiger partial charge in [0.2, 0.25) is 0 Å². The number of benzene rings is 2. The van der Waals surface area contributed by atoms with Crippen LogP contribution in [0.1, 0.15) is 5.56 Å². The molecule has 1 heterocycles. The van der Waals surface area contributed by atoms with Crippen LogP contribution in [-0.2, 0) is 11.0 Å². The quantitative estimate of drug-likeness (QED) is 0.535. The second kappa shape index (κ2) is 8.76. The Kier molecular flexibility index (Phi) is 6.33. The highest BCUT2D eigenvalue weighted by molar-refractivity contribution is 6.34. The van der Waals surface area contributed by atoms with Crippen LogP contribution in [0.15, 0.2) is 51.7 Å². The Morgan fingerprint density at radius 3 is 2.67 bits per heavy atom. The van der Waals surface area contributed by atoms with E-state index in [0.29, 0.717) is 0 Å². The summed E-state index contributed by atoms with van der Waals surface area (Å²) in [7, 11) is 0. The Hall–Kier alpha value is -3.04. The number of nitrogens with one attached hydrogen (secondary N) is 1. The van der Waals surface area contributed by atoms with Crippen molar-refractivity contribution in [3.05, 3.63) is 63.3 Å². The largest absolute Gasteiger partial charge is 0.491 e. The normalized spacial score (nSPS) is 11.6. The minimum atomic E-state index is -4.61. The van der Waals surface area contributed by atoms with Crippen molar-refractivity contribution in [2.24, 2.45) is 0 Å². The van der Waals surface area contributed by atoms with E-state index in [1.807, 2.05) is 0 Å². The number of alkyl halides is 3. The van der Waals surface area contributed by atoms with Crippen LogP contribution in [0.2, 0.25) is 5.02 Å². The maximum Gasteiger partial charge on any atom is 0.416 e. The van der Waals surface area contributed by atoms with Crippen molar-refractivity contribution in [3.8, 4) is 17.1 Å². The van der Waals surface area contributed by atoms with Crippen LogP contribution in [-0.4, -0.2) is 30.8 Å². The van der Waals surface area contributed by atoms with E-state index in [0.717, 1.165) is 24.3 Å². The molecule has 2 aromatic carbocycles. The van der Waals surface area contributed by atoms with Gasteiger partial charge in [0.1, 0.15) is 18.1 Å². The first-order valence-electron chi connectivity index (χ1n) is 8.66. The molecule has 0 amide bonds. The molecule has 0 aliphatic rings. The zero-order valence-corrected chi connectivity index (χ0v) is 16.0. The number of hydrogen-bond donors (Lipinski definition) is 2. The van der Waals surface area contributed by atoms with Gasteiger partial charge in [0, 0.05) is 12.6 Å². The Bertz CT molecular complexity index is 1140. The molecule has 0 atom stereocenters. The van der Waals surface area contributed by atoms with Crippen LogP contribution in [0.4, 0.5) is 13.2 Å². The van der Waals surface area contributed by atoms with Crippen molar-refractivity contribution in [1.29, 1.82) is 0 Å². The highest BCUT2D eigenvalue weighted by Gasteiger charge is 2.31. The molecular weight excluding hydrogens is 427 g/mol. The first-order valence-corrected chi connectivity index (χ1v) is 9.04. The Balaban J connectivity index is 2.01. The van der Waals surface area contributed by atoms with Crippen molar-refractivity contribution in [2.45, 2.75) is 6.18 Å². The van der Waals surface area contributed by atoms with E-state index in [1.54, 1.807) is 6.07 Å². The molecule has 0 radical (unpaired) electrons. The highest BCUT2D eigenvalue weighted by atomic mass is 35.5. The molecule has 0 unspecified atom stereocenters. The number of carboxylic acids is 1. The van der Waals surface area contributed by atoms with Crippen LogP contribution in [0.25, 0.3) is 22.3 Å². The fourth-order valence-corrected chi connectivity index (χ4v) is 2.94. The predicted octanol–water partition coefficient (Wildman–Crippen LogP) is 4.19. The molecule has 0 bridgehead atoms. The molecule has 6 nitrogen and oxygen atoms in total. The van der Waals surface area contributed by atoms with Crippen molar-refractivity contribution >= 4 is 28.5 Å². The second-order valence-electron chi connectivity index (χ2n) is 6.22. The Morgan fingerprint density at radius 2 is 1.97 bits per heavy atom. The zero-order chi connectivity index (χ0) is 21.9. The lowest BCUT2D eigenvalue weighted by Crippen LogP contribution is -2.27. The van der Waals surface area contributed by atoms with Gasteiger partial charge < -0.3 is 19.6 Å². The fraction of sp³-hybridized carbons (Fsp3) is 0.200. The van der Waals surface area contributed by atoms with Gasteiger partial charge in [-0.3, -0.25) is 9.59 Å². The van der Waals surface area contributed by atoms with Gasteiger partial charge >= 0.3 is 12.1 Å². The van der Waals surface area contributed by atoms with Crippen molar-refractivity contribution in [1.82, 2.24) is 5.32 Å². The summed E-state index contributed by atoms with van der Waals surface area (Å²) >= 11 is 6.09. The number of carboxylic acid groups (broad SMARTS) is 1. The molecular formula is C20H15ClF3NO5. The number of rotatable bonds is 7. The molecule has 2 N–H and O–H groups in total. The number of hydrogen-bond acceptors (Lipinski definition) is 5. The third-order valence-corrected chi connectivity index (χ3v) is 4.39. The van der Waals surface area contributed by atoms with Crippen LogP contribution < -0.4 is 15.5 Å². The summed E-state index contributed by atoms with van der Waals surface area (Å²) in [6.45, 7) is -0.355. The van der Waals surface area contributed by atoms with Gasteiger partial charge in [-0.25, -0.2) is 0 Å². The standard InChI is InChI=1S/C20H15ClF3NO5/c21-14-3-1-2-12-15(26)9-17(30-19(12)14)13-5-4-11(20(22,23)24)8-16(13)29-7-6-25-10-18(27)28/h1-5,8-9,25H,6-7,10H2,(H,27,28). The summed E-state index contributed by atoms with van der Waals surface area (Å²) in [5, 5.41) is 11.6. The molecule has 0 aliphatic heterocycles. The topological polar surface area (TPSA) is 88.8 Å². The van der Waals surface area contributed by atoms with E-state index in [9.17, 15) is 22.8 Å². The van der Waals surface area contributed by atoms with Crippen molar-refractivity contribution in [3.63, 3.8) is 0 Å². The molecule has 0 aliphatic carbocycles.